The Morgan fingerprint density at radius 1 is 1.69 bits per heavy atom. The van der Waals surface area contributed by atoms with Crippen molar-refractivity contribution in [1.82, 2.24) is 5.32 Å². The molecule has 0 fully saturated rings. The maximum Gasteiger partial charge on any atom is 0.220 e. The molecule has 0 rings (SSSR count). The molecule has 0 aliphatic heterocycles. The Kier molecular flexibility index (Phi) is 7.04. The van der Waals surface area contributed by atoms with E-state index in [0.717, 1.165) is 6.42 Å². The third kappa shape index (κ3) is 7.35. The van der Waals surface area contributed by atoms with E-state index in [2.05, 4.69) is 11.2 Å². The van der Waals surface area contributed by atoms with E-state index in [0.29, 0.717) is 31.8 Å². The highest BCUT2D eigenvalue weighted by atomic mass is 16.1. The lowest BCUT2D eigenvalue weighted by atomic mass is 10.1. The summed E-state index contributed by atoms with van der Waals surface area (Å²) in [6.45, 7) is 3.25. The monoisotopic (exact) mass is 182 g/mol. The number of carbonyl (C=O) groups is 1. The lowest BCUT2D eigenvalue weighted by molar-refractivity contribution is -0.121. The molecule has 3 heteroatoms. The molecule has 0 radical (unpaired) electrons. The molecule has 0 spiro atoms. The summed E-state index contributed by atoms with van der Waals surface area (Å²) in [5.41, 5.74) is 5.42. The van der Waals surface area contributed by atoms with Gasteiger partial charge in [0.2, 0.25) is 5.91 Å². The fourth-order valence-electron chi connectivity index (χ4n) is 0.858. The van der Waals surface area contributed by atoms with Crippen molar-refractivity contribution in [3.8, 4) is 12.3 Å². The quantitative estimate of drug-likeness (QED) is 0.464. The third-order valence-corrected chi connectivity index (χ3v) is 1.86. The minimum atomic E-state index is 0.0653. The van der Waals surface area contributed by atoms with Gasteiger partial charge in [0.25, 0.3) is 0 Å². The van der Waals surface area contributed by atoms with Gasteiger partial charge in [-0.2, -0.15) is 0 Å². The Bertz CT molecular complexity index is 184. The summed E-state index contributed by atoms with van der Waals surface area (Å²) < 4.78 is 0. The van der Waals surface area contributed by atoms with Crippen LogP contribution in [0.1, 0.15) is 26.2 Å². The van der Waals surface area contributed by atoms with E-state index in [1.807, 2.05) is 6.92 Å². The molecule has 1 atom stereocenters. The van der Waals surface area contributed by atoms with Crippen molar-refractivity contribution in [3.63, 3.8) is 0 Å². The number of hydrogen-bond donors (Lipinski definition) is 2. The zero-order valence-electron chi connectivity index (χ0n) is 8.18. The topological polar surface area (TPSA) is 55.1 Å². The first-order valence-corrected chi connectivity index (χ1v) is 4.61. The van der Waals surface area contributed by atoms with Gasteiger partial charge in [0.05, 0.1) is 0 Å². The second-order valence-electron chi connectivity index (χ2n) is 3.18. The van der Waals surface area contributed by atoms with Crippen LogP contribution in [-0.2, 0) is 4.79 Å². The Hall–Kier alpha value is -1.01. The summed E-state index contributed by atoms with van der Waals surface area (Å²) in [6, 6.07) is 0. The van der Waals surface area contributed by atoms with E-state index in [-0.39, 0.29) is 5.91 Å². The van der Waals surface area contributed by atoms with Crippen LogP contribution in [0.2, 0.25) is 0 Å². The van der Waals surface area contributed by atoms with Crippen molar-refractivity contribution in [2.45, 2.75) is 26.2 Å². The maximum atomic E-state index is 11.1. The number of nitrogens with two attached hydrogens (primary N) is 1. The molecule has 0 saturated carbocycles. The van der Waals surface area contributed by atoms with Crippen LogP contribution in [0.15, 0.2) is 0 Å². The molecule has 0 aromatic rings. The van der Waals surface area contributed by atoms with Gasteiger partial charge >= 0.3 is 0 Å². The Balaban J connectivity index is 3.36. The van der Waals surface area contributed by atoms with Crippen LogP contribution in [0.25, 0.3) is 0 Å². The van der Waals surface area contributed by atoms with Gasteiger partial charge in [-0.25, -0.2) is 0 Å². The second-order valence-corrected chi connectivity index (χ2v) is 3.18. The number of carbonyl (C=O) groups excluding carboxylic acids is 1. The molecule has 0 aliphatic rings. The molecular formula is C10H18N2O. The van der Waals surface area contributed by atoms with Crippen LogP contribution in [0, 0.1) is 18.3 Å². The molecule has 0 bridgehead atoms. The van der Waals surface area contributed by atoms with Crippen molar-refractivity contribution in [2.75, 3.05) is 13.1 Å². The zero-order valence-corrected chi connectivity index (χ0v) is 8.18. The van der Waals surface area contributed by atoms with E-state index in [1.54, 1.807) is 0 Å². The van der Waals surface area contributed by atoms with Gasteiger partial charge in [-0.3, -0.25) is 4.79 Å². The number of amides is 1. The van der Waals surface area contributed by atoms with Crippen LogP contribution in [0.4, 0.5) is 0 Å². The van der Waals surface area contributed by atoms with Crippen molar-refractivity contribution < 1.29 is 4.79 Å². The maximum absolute atomic E-state index is 11.1. The summed E-state index contributed by atoms with van der Waals surface area (Å²) in [5, 5.41) is 2.74. The highest BCUT2D eigenvalue weighted by Crippen LogP contribution is 2.02. The van der Waals surface area contributed by atoms with Crippen molar-refractivity contribution >= 4 is 5.91 Å². The van der Waals surface area contributed by atoms with Gasteiger partial charge in [0, 0.05) is 19.4 Å². The number of nitrogens with one attached hydrogen (secondary N) is 1. The molecular weight excluding hydrogens is 164 g/mol. The first-order valence-electron chi connectivity index (χ1n) is 4.61. The molecule has 13 heavy (non-hydrogen) atoms. The average Bonchev–Trinajstić information content (AvgIpc) is 2.14. The molecule has 0 saturated heterocycles. The Morgan fingerprint density at radius 2 is 2.38 bits per heavy atom. The van der Waals surface area contributed by atoms with Gasteiger partial charge in [-0.05, 0) is 18.9 Å². The first-order chi connectivity index (χ1) is 6.20. The summed E-state index contributed by atoms with van der Waals surface area (Å²) in [7, 11) is 0. The largest absolute Gasteiger partial charge is 0.355 e. The average molecular weight is 182 g/mol. The SMILES string of the molecule is C#CCCNC(=O)CCC(C)CN. The van der Waals surface area contributed by atoms with E-state index >= 15 is 0 Å². The van der Waals surface area contributed by atoms with Gasteiger partial charge in [-0.1, -0.05) is 6.92 Å². The highest BCUT2D eigenvalue weighted by Gasteiger charge is 2.03. The summed E-state index contributed by atoms with van der Waals surface area (Å²) in [6.07, 6.45) is 7.03. The van der Waals surface area contributed by atoms with Crippen LogP contribution in [0.3, 0.4) is 0 Å². The van der Waals surface area contributed by atoms with Crippen LogP contribution in [0.5, 0.6) is 0 Å². The summed E-state index contributed by atoms with van der Waals surface area (Å²) >= 11 is 0. The van der Waals surface area contributed by atoms with Gasteiger partial charge in [0.15, 0.2) is 0 Å². The fraction of sp³-hybridized carbons (Fsp3) is 0.700. The molecule has 0 aromatic carbocycles. The molecule has 0 heterocycles. The lowest BCUT2D eigenvalue weighted by Crippen LogP contribution is -2.25. The number of terminal acetylenes is 1. The number of hydrogen-bond acceptors (Lipinski definition) is 2. The predicted octanol–water partition coefficient (Wildman–Crippen LogP) is 0.501. The van der Waals surface area contributed by atoms with Crippen molar-refractivity contribution in [2.24, 2.45) is 11.7 Å². The van der Waals surface area contributed by atoms with E-state index in [1.165, 1.54) is 0 Å². The molecule has 1 unspecified atom stereocenters. The van der Waals surface area contributed by atoms with Crippen LogP contribution in [-0.4, -0.2) is 19.0 Å². The Morgan fingerprint density at radius 3 is 2.92 bits per heavy atom. The van der Waals surface area contributed by atoms with Gasteiger partial charge in [0.1, 0.15) is 0 Å². The molecule has 3 N–H and O–H groups in total. The normalized spacial score (nSPS) is 11.8. The molecule has 0 aromatic heterocycles. The van der Waals surface area contributed by atoms with E-state index in [4.69, 9.17) is 12.2 Å². The lowest BCUT2D eigenvalue weighted by Gasteiger charge is -2.07. The predicted molar refractivity (Wildman–Crippen MR) is 53.9 cm³/mol. The van der Waals surface area contributed by atoms with E-state index in [9.17, 15) is 4.79 Å². The minimum absolute atomic E-state index is 0.0653. The highest BCUT2D eigenvalue weighted by molar-refractivity contribution is 5.75. The van der Waals surface area contributed by atoms with Crippen molar-refractivity contribution in [3.05, 3.63) is 0 Å². The van der Waals surface area contributed by atoms with Gasteiger partial charge < -0.3 is 11.1 Å². The molecule has 3 nitrogen and oxygen atoms in total. The standard InChI is InChI=1S/C10H18N2O/c1-3-4-7-12-10(13)6-5-9(2)8-11/h1,9H,4-8,11H2,2H3,(H,12,13). The van der Waals surface area contributed by atoms with Crippen LogP contribution < -0.4 is 11.1 Å². The molecule has 74 valence electrons. The zero-order chi connectivity index (χ0) is 10.1. The summed E-state index contributed by atoms with van der Waals surface area (Å²) in [4.78, 5) is 11.1. The molecule has 0 aliphatic carbocycles. The fourth-order valence-corrected chi connectivity index (χ4v) is 0.858. The third-order valence-electron chi connectivity index (χ3n) is 1.86. The number of rotatable bonds is 6. The van der Waals surface area contributed by atoms with Gasteiger partial charge in [-0.15, -0.1) is 12.3 Å². The molecule has 1 amide bonds. The van der Waals surface area contributed by atoms with Crippen molar-refractivity contribution in [1.29, 1.82) is 0 Å². The summed E-state index contributed by atoms with van der Waals surface area (Å²) in [5.74, 6) is 2.94. The minimum Gasteiger partial charge on any atom is -0.355 e. The van der Waals surface area contributed by atoms with Crippen LogP contribution >= 0.6 is 0 Å². The first kappa shape index (κ1) is 12.0. The smallest absolute Gasteiger partial charge is 0.220 e. The Labute approximate surface area is 80.1 Å². The van der Waals surface area contributed by atoms with E-state index < -0.39 is 0 Å². The second kappa shape index (κ2) is 7.63.